The number of sulfonamides is 1. The average molecular weight is 310 g/mol. The Kier molecular flexibility index (Phi) is 4.63. The first kappa shape index (κ1) is 16.3. The quantitative estimate of drug-likeness (QED) is 0.843. The fourth-order valence-corrected chi connectivity index (χ4v) is 5.34. The standard InChI is InChI=1S/C16H26N2O2S/c1-10-5-6-15(11(2)7-10)18-21(19,20)16-12(3)8-14(17)9-13(16)4/h8-11,15,18H,5-7,17H2,1-4H3. The Hall–Kier alpha value is -1.07. The lowest BCUT2D eigenvalue weighted by atomic mass is 9.80. The normalized spacial score (nSPS) is 26.8. The predicted octanol–water partition coefficient (Wildman–Crippen LogP) is 2.99. The molecule has 0 saturated heterocycles. The highest BCUT2D eigenvalue weighted by Crippen LogP contribution is 2.30. The first-order chi connectivity index (χ1) is 9.70. The largest absolute Gasteiger partial charge is 0.399 e. The van der Waals surface area contributed by atoms with Crippen LogP contribution in [-0.4, -0.2) is 14.5 Å². The van der Waals surface area contributed by atoms with Gasteiger partial charge in [-0.15, -0.1) is 0 Å². The summed E-state index contributed by atoms with van der Waals surface area (Å²) in [5, 5.41) is 0. The van der Waals surface area contributed by atoms with Crippen LogP contribution in [0.3, 0.4) is 0 Å². The maximum atomic E-state index is 12.7. The van der Waals surface area contributed by atoms with Gasteiger partial charge >= 0.3 is 0 Å². The molecule has 1 aromatic carbocycles. The van der Waals surface area contributed by atoms with Crippen molar-refractivity contribution in [1.82, 2.24) is 4.72 Å². The summed E-state index contributed by atoms with van der Waals surface area (Å²) in [6.07, 6.45) is 3.07. The van der Waals surface area contributed by atoms with Gasteiger partial charge in [0.1, 0.15) is 0 Å². The van der Waals surface area contributed by atoms with Gasteiger partial charge in [0, 0.05) is 11.7 Å². The number of nitrogens with one attached hydrogen (secondary N) is 1. The van der Waals surface area contributed by atoms with E-state index in [1.807, 2.05) is 0 Å². The third kappa shape index (κ3) is 3.58. The summed E-state index contributed by atoms with van der Waals surface area (Å²) in [6.45, 7) is 7.95. The highest BCUT2D eigenvalue weighted by Gasteiger charge is 2.30. The monoisotopic (exact) mass is 310 g/mol. The molecule has 3 atom stereocenters. The maximum Gasteiger partial charge on any atom is 0.241 e. The van der Waals surface area contributed by atoms with Gasteiger partial charge in [-0.05, 0) is 68.2 Å². The van der Waals surface area contributed by atoms with Gasteiger partial charge in [-0.25, -0.2) is 13.1 Å². The molecule has 1 saturated carbocycles. The van der Waals surface area contributed by atoms with E-state index in [0.717, 1.165) is 19.3 Å². The summed E-state index contributed by atoms with van der Waals surface area (Å²) >= 11 is 0. The molecule has 21 heavy (non-hydrogen) atoms. The van der Waals surface area contributed by atoms with Gasteiger partial charge in [0.2, 0.25) is 10.0 Å². The van der Waals surface area contributed by atoms with Crippen molar-refractivity contribution in [2.75, 3.05) is 5.73 Å². The summed E-state index contributed by atoms with van der Waals surface area (Å²) in [5.74, 6) is 1.05. The predicted molar refractivity (Wildman–Crippen MR) is 86.6 cm³/mol. The second-order valence-corrected chi connectivity index (χ2v) is 8.26. The summed E-state index contributed by atoms with van der Waals surface area (Å²) < 4.78 is 28.4. The van der Waals surface area contributed by atoms with Gasteiger partial charge in [0.15, 0.2) is 0 Å². The molecule has 118 valence electrons. The van der Waals surface area contributed by atoms with Gasteiger partial charge in [0.05, 0.1) is 4.90 Å². The van der Waals surface area contributed by atoms with E-state index in [4.69, 9.17) is 5.73 Å². The third-order valence-electron chi connectivity index (χ3n) is 4.49. The molecule has 0 spiro atoms. The Balaban J connectivity index is 2.27. The van der Waals surface area contributed by atoms with Crippen LogP contribution in [0.1, 0.15) is 44.2 Å². The van der Waals surface area contributed by atoms with Crippen molar-refractivity contribution in [2.24, 2.45) is 11.8 Å². The Labute approximate surface area is 128 Å². The van der Waals surface area contributed by atoms with E-state index in [2.05, 4.69) is 18.6 Å². The second-order valence-electron chi connectivity index (χ2n) is 6.61. The Morgan fingerprint density at radius 3 is 2.24 bits per heavy atom. The number of nitrogen functional groups attached to an aromatic ring is 1. The zero-order valence-corrected chi connectivity index (χ0v) is 14.1. The summed E-state index contributed by atoms with van der Waals surface area (Å²) in [5.41, 5.74) is 7.79. The number of anilines is 1. The van der Waals surface area contributed by atoms with Crippen molar-refractivity contribution in [3.8, 4) is 0 Å². The van der Waals surface area contributed by atoms with E-state index in [1.54, 1.807) is 26.0 Å². The van der Waals surface area contributed by atoms with Crippen molar-refractivity contribution in [1.29, 1.82) is 0 Å². The maximum absolute atomic E-state index is 12.7. The third-order valence-corrected chi connectivity index (χ3v) is 6.28. The van der Waals surface area contributed by atoms with Crippen LogP contribution in [0.5, 0.6) is 0 Å². The fourth-order valence-electron chi connectivity index (χ4n) is 3.51. The number of nitrogens with two attached hydrogens (primary N) is 1. The minimum atomic E-state index is -3.49. The zero-order valence-electron chi connectivity index (χ0n) is 13.3. The van der Waals surface area contributed by atoms with Crippen LogP contribution < -0.4 is 10.5 Å². The molecule has 1 aromatic rings. The molecular formula is C16H26N2O2S. The van der Waals surface area contributed by atoms with Crippen LogP contribution in [0.15, 0.2) is 17.0 Å². The lowest BCUT2D eigenvalue weighted by Gasteiger charge is -2.33. The smallest absolute Gasteiger partial charge is 0.241 e. The number of aryl methyl sites for hydroxylation is 2. The molecule has 1 aliphatic carbocycles. The van der Waals surface area contributed by atoms with Crippen LogP contribution in [0.25, 0.3) is 0 Å². The second kappa shape index (κ2) is 5.97. The van der Waals surface area contributed by atoms with E-state index < -0.39 is 10.0 Å². The van der Waals surface area contributed by atoms with Crippen molar-refractivity contribution >= 4 is 15.7 Å². The molecule has 4 nitrogen and oxygen atoms in total. The molecule has 0 radical (unpaired) electrons. The summed E-state index contributed by atoms with van der Waals surface area (Å²) in [4.78, 5) is 0.377. The lowest BCUT2D eigenvalue weighted by molar-refractivity contribution is 0.249. The molecule has 1 fully saturated rings. The topological polar surface area (TPSA) is 72.2 Å². The lowest BCUT2D eigenvalue weighted by Crippen LogP contribution is -2.42. The van der Waals surface area contributed by atoms with Crippen LogP contribution in [0, 0.1) is 25.7 Å². The van der Waals surface area contributed by atoms with Crippen LogP contribution in [0.4, 0.5) is 5.69 Å². The van der Waals surface area contributed by atoms with Gasteiger partial charge in [0.25, 0.3) is 0 Å². The van der Waals surface area contributed by atoms with Gasteiger partial charge in [-0.1, -0.05) is 13.8 Å². The Morgan fingerprint density at radius 2 is 1.71 bits per heavy atom. The fraction of sp³-hybridized carbons (Fsp3) is 0.625. The molecule has 0 heterocycles. The number of hydrogen-bond acceptors (Lipinski definition) is 3. The van der Waals surface area contributed by atoms with Crippen molar-refractivity contribution in [3.05, 3.63) is 23.3 Å². The van der Waals surface area contributed by atoms with E-state index in [9.17, 15) is 8.42 Å². The first-order valence-corrected chi connectivity index (χ1v) is 9.08. The minimum absolute atomic E-state index is 0.0301. The van der Waals surface area contributed by atoms with Gasteiger partial charge in [-0.3, -0.25) is 0 Å². The van der Waals surface area contributed by atoms with E-state index >= 15 is 0 Å². The average Bonchev–Trinajstić information content (AvgIpc) is 2.30. The van der Waals surface area contributed by atoms with E-state index in [-0.39, 0.29) is 6.04 Å². The minimum Gasteiger partial charge on any atom is -0.399 e. The number of rotatable bonds is 3. The number of benzene rings is 1. The molecule has 3 N–H and O–H groups in total. The first-order valence-electron chi connectivity index (χ1n) is 7.59. The summed E-state index contributed by atoms with van der Waals surface area (Å²) in [7, 11) is -3.49. The van der Waals surface area contributed by atoms with Crippen molar-refractivity contribution < 1.29 is 8.42 Å². The molecule has 1 aliphatic rings. The van der Waals surface area contributed by atoms with Gasteiger partial charge < -0.3 is 5.73 Å². The Bertz CT molecular complexity index is 602. The SMILES string of the molecule is Cc1cc(N)cc(C)c1S(=O)(=O)NC1CCC(C)CC1C. The highest BCUT2D eigenvalue weighted by atomic mass is 32.2. The molecule has 2 rings (SSSR count). The molecule has 0 aromatic heterocycles. The van der Waals surface area contributed by atoms with Crippen LogP contribution in [-0.2, 0) is 10.0 Å². The molecule has 0 amide bonds. The van der Waals surface area contributed by atoms with E-state index in [1.165, 1.54) is 0 Å². The van der Waals surface area contributed by atoms with Gasteiger partial charge in [-0.2, -0.15) is 0 Å². The Morgan fingerprint density at radius 1 is 1.14 bits per heavy atom. The molecule has 5 heteroatoms. The molecule has 0 bridgehead atoms. The molecule has 3 unspecified atom stereocenters. The highest BCUT2D eigenvalue weighted by molar-refractivity contribution is 7.89. The van der Waals surface area contributed by atoms with Crippen molar-refractivity contribution in [3.63, 3.8) is 0 Å². The van der Waals surface area contributed by atoms with E-state index in [0.29, 0.717) is 33.5 Å². The van der Waals surface area contributed by atoms with Crippen molar-refractivity contribution in [2.45, 2.75) is 57.9 Å². The van der Waals surface area contributed by atoms with Crippen LogP contribution in [0.2, 0.25) is 0 Å². The number of hydrogen-bond donors (Lipinski definition) is 2. The van der Waals surface area contributed by atoms with Crippen LogP contribution >= 0.6 is 0 Å². The zero-order chi connectivity index (χ0) is 15.8. The molecule has 0 aliphatic heterocycles. The summed E-state index contributed by atoms with van der Waals surface area (Å²) in [6, 6.07) is 3.46. The molecular weight excluding hydrogens is 284 g/mol.